The van der Waals surface area contributed by atoms with Crippen LogP contribution in [0.5, 0.6) is 0 Å². The van der Waals surface area contributed by atoms with E-state index in [2.05, 4.69) is 10.2 Å². The lowest BCUT2D eigenvalue weighted by atomic mass is 10.2. The first kappa shape index (κ1) is 18.2. The van der Waals surface area contributed by atoms with E-state index in [-0.39, 0.29) is 5.91 Å². The highest BCUT2D eigenvalue weighted by atomic mass is 19.4. The molecule has 0 spiro atoms. The first-order chi connectivity index (χ1) is 13.3. The second-order valence-electron chi connectivity index (χ2n) is 6.43. The van der Waals surface area contributed by atoms with E-state index in [0.717, 1.165) is 12.3 Å². The fraction of sp³-hybridized carbons (Fsp3) is 0.278. The average molecular weight is 393 g/mol. The number of halogens is 4. The molecule has 1 fully saturated rings. The van der Waals surface area contributed by atoms with Gasteiger partial charge in [-0.25, -0.2) is 4.39 Å². The lowest BCUT2D eigenvalue weighted by molar-refractivity contribution is -0.137. The summed E-state index contributed by atoms with van der Waals surface area (Å²) in [5.41, 5.74) is -0.0865. The second kappa shape index (κ2) is 6.77. The Kier molecular flexibility index (Phi) is 4.40. The molecule has 28 heavy (non-hydrogen) atoms. The zero-order valence-electron chi connectivity index (χ0n) is 14.5. The molecule has 0 saturated carbocycles. The Balaban J connectivity index is 1.50. The molecule has 1 amide bonds. The summed E-state index contributed by atoms with van der Waals surface area (Å²) in [6.07, 6.45) is -3.49. The van der Waals surface area contributed by atoms with Gasteiger partial charge < -0.3 is 9.80 Å². The second-order valence-corrected chi connectivity index (χ2v) is 6.43. The van der Waals surface area contributed by atoms with Crippen molar-refractivity contribution in [3.05, 3.63) is 59.5 Å². The summed E-state index contributed by atoms with van der Waals surface area (Å²) >= 11 is 0. The van der Waals surface area contributed by atoms with Crippen molar-refractivity contribution < 1.29 is 22.4 Å². The number of carbonyl (C=O) groups is 1. The third-order valence-corrected chi connectivity index (χ3v) is 4.65. The van der Waals surface area contributed by atoms with Crippen LogP contribution in [0.2, 0.25) is 0 Å². The molecule has 0 N–H and O–H groups in total. The van der Waals surface area contributed by atoms with Crippen molar-refractivity contribution >= 4 is 17.5 Å². The van der Waals surface area contributed by atoms with Gasteiger partial charge >= 0.3 is 6.18 Å². The fourth-order valence-corrected chi connectivity index (χ4v) is 3.15. The third-order valence-electron chi connectivity index (χ3n) is 4.65. The van der Waals surface area contributed by atoms with Crippen LogP contribution in [0.15, 0.2) is 42.6 Å². The summed E-state index contributed by atoms with van der Waals surface area (Å²) in [4.78, 5) is 15.9. The minimum atomic E-state index is -4.46. The highest BCUT2D eigenvalue weighted by molar-refractivity contribution is 5.94. The fourth-order valence-electron chi connectivity index (χ4n) is 3.15. The summed E-state index contributed by atoms with van der Waals surface area (Å²) < 4.78 is 53.3. The van der Waals surface area contributed by atoms with Crippen LogP contribution in [0.25, 0.3) is 5.65 Å². The van der Waals surface area contributed by atoms with Crippen LogP contribution in [0.3, 0.4) is 0 Å². The summed E-state index contributed by atoms with van der Waals surface area (Å²) in [5.74, 6) is -0.335. The van der Waals surface area contributed by atoms with Crippen LogP contribution in [0.1, 0.15) is 15.9 Å². The van der Waals surface area contributed by atoms with Gasteiger partial charge in [0.2, 0.25) is 5.95 Å². The number of pyridine rings is 1. The molecule has 1 saturated heterocycles. The maximum atomic E-state index is 13.0. The van der Waals surface area contributed by atoms with Gasteiger partial charge in [-0.3, -0.25) is 9.20 Å². The maximum Gasteiger partial charge on any atom is 0.417 e. The highest BCUT2D eigenvalue weighted by Crippen LogP contribution is 2.30. The van der Waals surface area contributed by atoms with Crippen molar-refractivity contribution in [3.63, 3.8) is 0 Å². The SMILES string of the molecule is O=C(c1ccc(F)cc1)N1CCN(c2nnc3ccc(C(F)(F)F)cn23)CC1. The van der Waals surface area contributed by atoms with Crippen LogP contribution in [-0.4, -0.2) is 51.6 Å². The molecule has 1 aromatic carbocycles. The Morgan fingerprint density at radius 1 is 0.929 bits per heavy atom. The summed E-state index contributed by atoms with van der Waals surface area (Å²) in [6, 6.07) is 7.54. The number of hydrogen-bond acceptors (Lipinski definition) is 4. The summed E-state index contributed by atoms with van der Waals surface area (Å²) in [7, 11) is 0. The molecule has 10 heteroatoms. The molecular weight excluding hydrogens is 378 g/mol. The Bertz CT molecular complexity index is 1010. The number of fused-ring (bicyclic) bond motifs is 1. The molecular formula is C18H15F4N5O. The van der Waals surface area contributed by atoms with Gasteiger partial charge in [-0.15, -0.1) is 10.2 Å². The van der Waals surface area contributed by atoms with E-state index >= 15 is 0 Å². The van der Waals surface area contributed by atoms with E-state index in [9.17, 15) is 22.4 Å². The van der Waals surface area contributed by atoms with Crippen LogP contribution in [0, 0.1) is 5.82 Å². The Morgan fingerprint density at radius 3 is 2.25 bits per heavy atom. The quantitative estimate of drug-likeness (QED) is 0.629. The first-order valence-electron chi connectivity index (χ1n) is 8.55. The van der Waals surface area contributed by atoms with Crippen LogP contribution in [-0.2, 0) is 6.18 Å². The molecule has 0 unspecified atom stereocenters. The van der Waals surface area contributed by atoms with Gasteiger partial charge in [0.05, 0.1) is 5.56 Å². The summed E-state index contributed by atoms with van der Waals surface area (Å²) in [6.45, 7) is 1.52. The van der Waals surface area contributed by atoms with Gasteiger partial charge in [0, 0.05) is 37.9 Å². The lowest BCUT2D eigenvalue weighted by Crippen LogP contribution is -2.49. The van der Waals surface area contributed by atoms with Crippen molar-refractivity contribution in [1.29, 1.82) is 0 Å². The van der Waals surface area contributed by atoms with E-state index < -0.39 is 17.6 Å². The van der Waals surface area contributed by atoms with E-state index in [0.29, 0.717) is 43.3 Å². The minimum absolute atomic E-state index is 0.217. The molecule has 146 valence electrons. The van der Waals surface area contributed by atoms with Crippen LogP contribution < -0.4 is 4.90 Å². The standard InChI is InChI=1S/C18H15F4N5O/c19-14-4-1-12(2-5-14)16(28)25-7-9-26(10-8-25)17-24-23-15-6-3-13(11-27(15)17)18(20,21)22/h1-6,11H,7-10H2. The highest BCUT2D eigenvalue weighted by Gasteiger charge is 2.32. The molecule has 0 radical (unpaired) electrons. The van der Waals surface area contributed by atoms with E-state index in [1.165, 1.54) is 34.7 Å². The van der Waals surface area contributed by atoms with E-state index in [1.54, 1.807) is 9.80 Å². The number of aromatic nitrogens is 3. The molecule has 1 aliphatic heterocycles. The maximum absolute atomic E-state index is 13.0. The predicted octanol–water partition coefficient (Wildman–Crippen LogP) is 2.85. The number of benzene rings is 1. The van der Waals surface area contributed by atoms with Gasteiger partial charge in [-0.05, 0) is 36.4 Å². The summed E-state index contributed by atoms with van der Waals surface area (Å²) in [5, 5.41) is 7.92. The van der Waals surface area contributed by atoms with Crippen molar-refractivity contribution in [1.82, 2.24) is 19.5 Å². The number of rotatable bonds is 2. The van der Waals surface area contributed by atoms with E-state index in [4.69, 9.17) is 0 Å². The number of carbonyl (C=O) groups excluding carboxylic acids is 1. The Labute approximate surface area is 157 Å². The van der Waals surface area contributed by atoms with Crippen LogP contribution in [0.4, 0.5) is 23.5 Å². The van der Waals surface area contributed by atoms with Gasteiger partial charge in [0.1, 0.15) is 5.82 Å². The number of alkyl halides is 3. The zero-order valence-corrected chi connectivity index (χ0v) is 14.5. The molecule has 4 rings (SSSR count). The largest absolute Gasteiger partial charge is 0.417 e. The zero-order chi connectivity index (χ0) is 19.9. The Hall–Kier alpha value is -3.17. The van der Waals surface area contributed by atoms with Crippen molar-refractivity contribution in [3.8, 4) is 0 Å². The predicted molar refractivity (Wildman–Crippen MR) is 92.5 cm³/mol. The molecule has 0 atom stereocenters. The number of piperazine rings is 1. The van der Waals surface area contributed by atoms with Gasteiger partial charge in [0.15, 0.2) is 5.65 Å². The molecule has 3 aromatic rings. The number of anilines is 1. The monoisotopic (exact) mass is 393 g/mol. The van der Waals surface area contributed by atoms with Crippen molar-refractivity contribution in [2.24, 2.45) is 0 Å². The molecule has 0 aliphatic carbocycles. The minimum Gasteiger partial charge on any atom is -0.337 e. The number of hydrogen-bond donors (Lipinski definition) is 0. The average Bonchev–Trinajstić information content (AvgIpc) is 3.11. The smallest absolute Gasteiger partial charge is 0.337 e. The lowest BCUT2D eigenvalue weighted by Gasteiger charge is -2.34. The molecule has 1 aliphatic rings. The van der Waals surface area contributed by atoms with Gasteiger partial charge in [-0.1, -0.05) is 0 Å². The van der Waals surface area contributed by atoms with Crippen LogP contribution >= 0.6 is 0 Å². The third kappa shape index (κ3) is 3.37. The normalized spacial score (nSPS) is 15.3. The number of nitrogens with zero attached hydrogens (tertiary/aromatic N) is 5. The topological polar surface area (TPSA) is 53.7 Å². The van der Waals surface area contributed by atoms with Gasteiger partial charge in [-0.2, -0.15) is 13.2 Å². The molecule has 2 aromatic heterocycles. The van der Waals surface area contributed by atoms with Crippen molar-refractivity contribution in [2.45, 2.75) is 6.18 Å². The molecule has 6 nitrogen and oxygen atoms in total. The molecule has 3 heterocycles. The van der Waals surface area contributed by atoms with E-state index in [1.807, 2.05) is 0 Å². The Morgan fingerprint density at radius 2 is 1.61 bits per heavy atom. The van der Waals surface area contributed by atoms with Gasteiger partial charge in [0.25, 0.3) is 5.91 Å². The first-order valence-corrected chi connectivity index (χ1v) is 8.55. The molecule has 0 bridgehead atoms. The van der Waals surface area contributed by atoms with Crippen molar-refractivity contribution in [2.75, 3.05) is 31.1 Å². The number of amides is 1.